The number of rotatable bonds is 5. The molecule has 0 spiro atoms. The van der Waals surface area contributed by atoms with Gasteiger partial charge in [-0.15, -0.1) is 0 Å². The van der Waals surface area contributed by atoms with E-state index in [1.54, 1.807) is 6.07 Å². The van der Waals surface area contributed by atoms with Crippen LogP contribution in [0.5, 0.6) is 0 Å². The van der Waals surface area contributed by atoms with E-state index < -0.39 is 0 Å². The van der Waals surface area contributed by atoms with E-state index in [9.17, 15) is 4.39 Å². The molecule has 0 radical (unpaired) electrons. The SMILES string of the molecule is CCCC(C)C(N)Cc1ccc(F)cc1Br. The third-order valence-electron chi connectivity index (χ3n) is 2.95. The molecule has 0 aromatic heterocycles. The molecule has 16 heavy (non-hydrogen) atoms. The quantitative estimate of drug-likeness (QED) is 0.874. The number of hydrogen-bond acceptors (Lipinski definition) is 1. The van der Waals surface area contributed by atoms with Crippen molar-refractivity contribution >= 4 is 15.9 Å². The molecule has 2 unspecified atom stereocenters. The molecule has 1 aromatic carbocycles. The fraction of sp³-hybridized carbons (Fsp3) is 0.538. The second-order valence-corrected chi connectivity index (χ2v) is 5.22. The van der Waals surface area contributed by atoms with Crippen molar-refractivity contribution in [3.8, 4) is 0 Å². The van der Waals surface area contributed by atoms with Crippen LogP contribution >= 0.6 is 15.9 Å². The van der Waals surface area contributed by atoms with E-state index in [0.717, 1.165) is 29.3 Å². The lowest BCUT2D eigenvalue weighted by atomic mass is 9.92. The van der Waals surface area contributed by atoms with E-state index in [4.69, 9.17) is 5.73 Å². The molecule has 90 valence electrons. The molecule has 0 bridgehead atoms. The highest BCUT2D eigenvalue weighted by molar-refractivity contribution is 9.10. The summed E-state index contributed by atoms with van der Waals surface area (Å²) in [6.07, 6.45) is 3.08. The third-order valence-corrected chi connectivity index (χ3v) is 3.68. The Morgan fingerprint density at radius 2 is 2.12 bits per heavy atom. The Bertz CT molecular complexity index is 341. The van der Waals surface area contributed by atoms with Gasteiger partial charge in [0, 0.05) is 10.5 Å². The van der Waals surface area contributed by atoms with Crippen LogP contribution in [0.3, 0.4) is 0 Å². The zero-order chi connectivity index (χ0) is 12.1. The smallest absolute Gasteiger partial charge is 0.124 e. The van der Waals surface area contributed by atoms with E-state index in [2.05, 4.69) is 29.8 Å². The molecule has 0 aliphatic rings. The molecular weight excluding hydrogens is 269 g/mol. The average molecular weight is 288 g/mol. The molecular formula is C13H19BrFN. The summed E-state index contributed by atoms with van der Waals surface area (Å²) < 4.78 is 13.7. The van der Waals surface area contributed by atoms with E-state index in [1.807, 2.05) is 0 Å². The molecule has 1 nitrogen and oxygen atoms in total. The van der Waals surface area contributed by atoms with Crippen molar-refractivity contribution in [2.45, 2.75) is 39.2 Å². The van der Waals surface area contributed by atoms with Gasteiger partial charge in [0.25, 0.3) is 0 Å². The maximum atomic E-state index is 12.9. The van der Waals surface area contributed by atoms with Gasteiger partial charge in [-0.3, -0.25) is 0 Å². The first kappa shape index (κ1) is 13.7. The molecule has 0 saturated heterocycles. The van der Waals surface area contributed by atoms with Crippen LogP contribution in [0.2, 0.25) is 0 Å². The van der Waals surface area contributed by atoms with Crippen LogP contribution in [0.25, 0.3) is 0 Å². The summed E-state index contributed by atoms with van der Waals surface area (Å²) in [6.45, 7) is 4.34. The minimum atomic E-state index is -0.217. The number of nitrogens with two attached hydrogens (primary N) is 1. The second-order valence-electron chi connectivity index (χ2n) is 4.37. The van der Waals surface area contributed by atoms with Crippen LogP contribution in [-0.4, -0.2) is 6.04 Å². The monoisotopic (exact) mass is 287 g/mol. The predicted molar refractivity (Wildman–Crippen MR) is 69.9 cm³/mol. The molecule has 2 atom stereocenters. The zero-order valence-electron chi connectivity index (χ0n) is 9.84. The number of benzene rings is 1. The topological polar surface area (TPSA) is 26.0 Å². The molecule has 1 rings (SSSR count). The normalized spacial score (nSPS) is 14.8. The summed E-state index contributed by atoms with van der Waals surface area (Å²) >= 11 is 3.37. The molecule has 0 saturated carbocycles. The summed E-state index contributed by atoms with van der Waals surface area (Å²) in [5.74, 6) is 0.285. The lowest BCUT2D eigenvalue weighted by Gasteiger charge is -2.19. The van der Waals surface area contributed by atoms with Crippen LogP contribution in [0, 0.1) is 11.7 Å². The van der Waals surface area contributed by atoms with E-state index >= 15 is 0 Å². The van der Waals surface area contributed by atoms with Crippen molar-refractivity contribution < 1.29 is 4.39 Å². The van der Waals surface area contributed by atoms with Gasteiger partial charge in [-0.25, -0.2) is 4.39 Å². The summed E-state index contributed by atoms with van der Waals surface area (Å²) in [4.78, 5) is 0. The Morgan fingerprint density at radius 3 is 2.69 bits per heavy atom. The van der Waals surface area contributed by atoms with Gasteiger partial charge < -0.3 is 5.73 Å². The van der Waals surface area contributed by atoms with Crippen LogP contribution < -0.4 is 5.73 Å². The molecule has 0 aliphatic heterocycles. The van der Waals surface area contributed by atoms with Gasteiger partial charge in [-0.2, -0.15) is 0 Å². The molecule has 0 aliphatic carbocycles. The highest BCUT2D eigenvalue weighted by Gasteiger charge is 2.14. The molecule has 0 amide bonds. The second kappa shape index (κ2) is 6.36. The first-order valence-corrected chi connectivity index (χ1v) is 6.53. The van der Waals surface area contributed by atoms with Crippen LogP contribution in [0.1, 0.15) is 32.3 Å². The van der Waals surface area contributed by atoms with Gasteiger partial charge in [-0.1, -0.05) is 42.3 Å². The molecule has 3 heteroatoms. The van der Waals surface area contributed by atoms with Gasteiger partial charge >= 0.3 is 0 Å². The Balaban J connectivity index is 2.65. The Kier molecular flexibility index (Phi) is 5.42. The van der Waals surface area contributed by atoms with Crippen molar-refractivity contribution in [3.63, 3.8) is 0 Å². The first-order valence-electron chi connectivity index (χ1n) is 5.74. The summed E-state index contributed by atoms with van der Waals surface area (Å²) in [6, 6.07) is 4.92. The Hall–Kier alpha value is -0.410. The largest absolute Gasteiger partial charge is 0.327 e. The predicted octanol–water partition coefficient (Wildman–Crippen LogP) is 3.89. The van der Waals surface area contributed by atoms with Gasteiger partial charge in [0.05, 0.1) is 0 Å². The summed E-state index contributed by atoms with van der Waals surface area (Å²) in [5, 5.41) is 0. The Labute approximate surface area is 105 Å². The van der Waals surface area contributed by atoms with Crippen molar-refractivity contribution in [3.05, 3.63) is 34.1 Å². The first-order chi connectivity index (χ1) is 7.54. The van der Waals surface area contributed by atoms with Crippen molar-refractivity contribution in [1.82, 2.24) is 0 Å². The minimum Gasteiger partial charge on any atom is -0.327 e. The van der Waals surface area contributed by atoms with Gasteiger partial charge in [-0.05, 0) is 36.5 Å². The van der Waals surface area contributed by atoms with Crippen molar-refractivity contribution in [2.75, 3.05) is 0 Å². The van der Waals surface area contributed by atoms with E-state index in [1.165, 1.54) is 12.1 Å². The minimum absolute atomic E-state index is 0.140. The standard InChI is InChI=1S/C13H19BrFN/c1-3-4-9(2)13(16)7-10-5-6-11(15)8-12(10)14/h5-6,8-9,13H,3-4,7,16H2,1-2H3. The fourth-order valence-electron chi connectivity index (χ4n) is 1.81. The van der Waals surface area contributed by atoms with Crippen LogP contribution in [0.15, 0.2) is 22.7 Å². The summed E-state index contributed by atoms with van der Waals surface area (Å²) in [5.41, 5.74) is 7.21. The maximum Gasteiger partial charge on any atom is 0.124 e. The van der Waals surface area contributed by atoms with Gasteiger partial charge in [0.1, 0.15) is 5.82 Å². The third kappa shape index (κ3) is 3.87. The van der Waals surface area contributed by atoms with Crippen LogP contribution in [0.4, 0.5) is 4.39 Å². The number of hydrogen-bond donors (Lipinski definition) is 1. The highest BCUT2D eigenvalue weighted by atomic mass is 79.9. The van der Waals surface area contributed by atoms with Crippen molar-refractivity contribution in [2.24, 2.45) is 11.7 Å². The lowest BCUT2D eigenvalue weighted by molar-refractivity contribution is 0.419. The zero-order valence-corrected chi connectivity index (χ0v) is 11.4. The van der Waals surface area contributed by atoms with E-state index in [0.29, 0.717) is 5.92 Å². The molecule has 0 heterocycles. The van der Waals surface area contributed by atoms with Gasteiger partial charge in [0.15, 0.2) is 0 Å². The molecule has 1 aromatic rings. The fourth-order valence-corrected chi connectivity index (χ4v) is 2.32. The van der Waals surface area contributed by atoms with E-state index in [-0.39, 0.29) is 11.9 Å². The Morgan fingerprint density at radius 1 is 1.44 bits per heavy atom. The van der Waals surface area contributed by atoms with Gasteiger partial charge in [0.2, 0.25) is 0 Å². The van der Waals surface area contributed by atoms with Crippen molar-refractivity contribution in [1.29, 1.82) is 0 Å². The lowest BCUT2D eigenvalue weighted by Crippen LogP contribution is -2.30. The molecule has 0 fully saturated rings. The molecule has 2 N–H and O–H groups in total. The van der Waals surface area contributed by atoms with Crippen LogP contribution in [-0.2, 0) is 6.42 Å². The highest BCUT2D eigenvalue weighted by Crippen LogP contribution is 2.21. The average Bonchev–Trinajstić information content (AvgIpc) is 2.22. The summed E-state index contributed by atoms with van der Waals surface area (Å²) in [7, 11) is 0. The maximum absolute atomic E-state index is 12.9. The number of halogens is 2.